The first kappa shape index (κ1) is 23.0. The van der Waals surface area contributed by atoms with Crippen LogP contribution in [-0.2, 0) is 118 Å². The molecule has 15 heteroatoms. The van der Waals surface area contributed by atoms with Gasteiger partial charge in [0.1, 0.15) is 0 Å². The number of rotatable bonds is 1. The number of hydrogen-bond donors (Lipinski definition) is 0. The zero-order valence-corrected chi connectivity index (χ0v) is 21.1. The molecule has 1 aromatic rings. The number of nitro benzene ring substituents is 1. The van der Waals surface area contributed by atoms with E-state index in [4.69, 9.17) is 0 Å². The zero-order valence-electron chi connectivity index (χ0n) is 11.3. The van der Waals surface area contributed by atoms with Crippen LogP contribution in [0.25, 0.3) is 6.08 Å². The normalized spacial score (nSPS) is 10.0. The number of nitro groups is 1. The Balaban J connectivity index is 0.000000240. The second-order valence-corrected chi connectivity index (χ2v) is 21.1. The van der Waals surface area contributed by atoms with Crippen LogP contribution in [0.4, 0.5) is 5.69 Å². The van der Waals surface area contributed by atoms with Gasteiger partial charge in [-0.15, -0.1) is 0 Å². The van der Waals surface area contributed by atoms with E-state index in [1.54, 1.807) is 83.2 Å². The van der Waals surface area contributed by atoms with Crippen molar-refractivity contribution in [2.75, 3.05) is 0 Å². The molecule has 1 aromatic carbocycles. The van der Waals surface area contributed by atoms with E-state index in [2.05, 4.69) is 22.4 Å². The number of benzene rings is 1. The predicted octanol–water partition coefficient (Wildman–Crippen LogP) is 2.14. The summed E-state index contributed by atoms with van der Waals surface area (Å²) in [7, 11) is 16.3. The summed E-state index contributed by atoms with van der Waals surface area (Å²) in [5.74, 6) is 0. The van der Waals surface area contributed by atoms with E-state index in [0.29, 0.717) is 0 Å². The van der Waals surface area contributed by atoms with E-state index < -0.39 is 0 Å². The second kappa shape index (κ2) is 15.1. The van der Waals surface area contributed by atoms with Gasteiger partial charge in [-0.1, -0.05) is 18.2 Å². The van der Waals surface area contributed by atoms with E-state index in [-0.39, 0.29) is 10.6 Å². The lowest BCUT2D eigenvalue weighted by Gasteiger charge is -1.96. The molecule has 1 aliphatic rings. The molecule has 24 heavy (non-hydrogen) atoms. The molecule has 0 bridgehead atoms. The van der Waals surface area contributed by atoms with Gasteiger partial charge in [0.2, 0.25) is 0 Å². The van der Waals surface area contributed by atoms with Gasteiger partial charge in [-0.2, -0.15) is 0 Å². The van der Waals surface area contributed by atoms with Gasteiger partial charge in [0, 0.05) is 123 Å². The van der Waals surface area contributed by atoms with Crippen molar-refractivity contribution in [3.63, 3.8) is 0 Å². The molecule has 0 spiro atoms. The lowest BCUT2D eigenvalue weighted by molar-refractivity contribution is -0.384. The minimum Gasteiger partial charge on any atom is -0.258 e. The van der Waals surface area contributed by atoms with E-state index in [0.717, 1.165) is 12.0 Å². The quantitative estimate of drug-likeness (QED) is 0.401. The fourth-order valence-electron chi connectivity index (χ4n) is 1.44. The first-order chi connectivity index (χ1) is 11.7. The molecule has 0 amide bonds. The van der Waals surface area contributed by atoms with Crippen LogP contribution in [0.3, 0.4) is 0 Å². The van der Waals surface area contributed by atoms with Crippen LogP contribution in [0.1, 0.15) is 11.1 Å². The molecule has 0 unspecified atom stereocenters. The highest BCUT2D eigenvalue weighted by Gasteiger charge is 2.10. The Kier molecular flexibility index (Phi) is 14.5. The van der Waals surface area contributed by atoms with Crippen molar-refractivity contribution >= 4 is 123 Å². The van der Waals surface area contributed by atoms with Gasteiger partial charge in [0.25, 0.3) is 5.69 Å². The molecule has 0 N–H and O–H groups in total. The van der Waals surface area contributed by atoms with Gasteiger partial charge in [-0.25, -0.2) is 0 Å². The Morgan fingerprint density at radius 1 is 0.917 bits per heavy atom. The third-order valence-corrected chi connectivity index (χ3v) is 22.2. The summed E-state index contributed by atoms with van der Waals surface area (Å²) in [6.45, 7) is 0. The maximum atomic E-state index is 10.4. The monoisotopic (exact) mass is 545 g/mol. The summed E-state index contributed by atoms with van der Waals surface area (Å²) in [5, 5.41) is 10.4. The lowest BCUT2D eigenvalue weighted by atomic mass is 10.1. The summed E-state index contributed by atoms with van der Waals surface area (Å²) in [6.07, 6.45) is 4.82. The van der Waals surface area contributed by atoms with Crippen LogP contribution >= 0.6 is 0 Å². The van der Waals surface area contributed by atoms with Gasteiger partial charge in [-0.05, 0) is 17.5 Å². The van der Waals surface area contributed by atoms with Crippen molar-refractivity contribution in [1.82, 2.24) is 0 Å². The molecule has 3 nitrogen and oxygen atoms in total. The Bertz CT molecular complexity index is 1010. The molecule has 0 aromatic heterocycles. The molecule has 0 heterocycles. The summed E-state index contributed by atoms with van der Waals surface area (Å²) >= 11 is 9.38. The minimum absolute atomic E-state index is 0.167. The molecular weight excluding hydrogens is 539 g/mol. The SMILES string of the molecule is O=[N+]([O-])c1ccc2c(c1)C=CC2.S=S=S=S=S=S=S=S=S=S=S=S. The highest BCUT2D eigenvalue weighted by Crippen LogP contribution is 2.23. The van der Waals surface area contributed by atoms with Crippen molar-refractivity contribution in [2.45, 2.75) is 6.42 Å². The highest BCUT2D eigenvalue weighted by atomic mass is 33.4. The van der Waals surface area contributed by atoms with Crippen LogP contribution in [0, 0.1) is 10.1 Å². The van der Waals surface area contributed by atoms with E-state index in [1.165, 1.54) is 23.3 Å². The van der Waals surface area contributed by atoms with Crippen LogP contribution in [0.5, 0.6) is 0 Å². The maximum absolute atomic E-state index is 10.4. The average Bonchev–Trinajstić information content (AvgIpc) is 3.05. The van der Waals surface area contributed by atoms with E-state index in [1.807, 2.05) is 18.2 Å². The van der Waals surface area contributed by atoms with Crippen molar-refractivity contribution in [3.8, 4) is 0 Å². The van der Waals surface area contributed by atoms with Gasteiger partial charge >= 0.3 is 0 Å². The van der Waals surface area contributed by atoms with E-state index >= 15 is 0 Å². The molecule has 0 saturated heterocycles. The van der Waals surface area contributed by atoms with Crippen LogP contribution in [-0.4, -0.2) is 4.92 Å². The zero-order chi connectivity index (χ0) is 17.6. The summed E-state index contributed by atoms with van der Waals surface area (Å²) < 4.78 is 0. The van der Waals surface area contributed by atoms with Gasteiger partial charge in [0.15, 0.2) is 0 Å². The second-order valence-electron chi connectivity index (χ2n) is 3.43. The molecule has 0 aliphatic heterocycles. The third kappa shape index (κ3) is 10.2. The van der Waals surface area contributed by atoms with Crippen LogP contribution in [0.15, 0.2) is 24.3 Å². The first-order valence-electron chi connectivity index (χ1n) is 5.54. The largest absolute Gasteiger partial charge is 0.270 e. The highest BCUT2D eigenvalue weighted by molar-refractivity contribution is 8.75. The molecule has 2 rings (SSSR count). The number of nitrogens with zero attached hydrogens (tertiary/aromatic N) is 1. The molecule has 0 atom stereocenters. The first-order valence-corrected chi connectivity index (χ1v) is 20.2. The van der Waals surface area contributed by atoms with Gasteiger partial charge < -0.3 is 0 Å². The van der Waals surface area contributed by atoms with Crippen molar-refractivity contribution < 1.29 is 4.92 Å². The fourth-order valence-corrected chi connectivity index (χ4v) is 23.4. The standard InChI is InChI=1S/C9H7NO2.S12/c11-10(12)9-5-4-7-2-1-3-8(7)6-9;1-3-5-7-9-11-12-10-8-6-4-2/h1,3-6H,2H2;. The maximum Gasteiger partial charge on any atom is 0.270 e. The Morgan fingerprint density at radius 3 is 1.96 bits per heavy atom. The summed E-state index contributed by atoms with van der Waals surface area (Å²) in [4.78, 5) is 10.0. The smallest absolute Gasteiger partial charge is 0.258 e. The van der Waals surface area contributed by atoms with E-state index in [9.17, 15) is 10.1 Å². The fraction of sp³-hybridized carbons (Fsp3) is 0.111. The summed E-state index contributed by atoms with van der Waals surface area (Å²) in [5.41, 5.74) is 2.31. The number of hydrogen-bond acceptors (Lipinski definition) is 4. The molecule has 1 aliphatic carbocycles. The Labute approximate surface area is 177 Å². The average molecular weight is 546 g/mol. The van der Waals surface area contributed by atoms with Crippen LogP contribution in [0.2, 0.25) is 0 Å². The lowest BCUT2D eigenvalue weighted by Crippen LogP contribution is -1.89. The topological polar surface area (TPSA) is 43.1 Å². The minimum atomic E-state index is -0.369. The number of fused-ring (bicyclic) bond motifs is 1. The van der Waals surface area contributed by atoms with Crippen molar-refractivity contribution in [2.24, 2.45) is 0 Å². The molecule has 0 radical (unpaired) electrons. The predicted molar refractivity (Wildman–Crippen MR) is 134 cm³/mol. The molecule has 132 valence electrons. The molecule has 0 fully saturated rings. The number of allylic oxidation sites excluding steroid dienone is 1. The molecule has 0 saturated carbocycles. The van der Waals surface area contributed by atoms with Gasteiger partial charge in [-0.3, -0.25) is 10.1 Å². The van der Waals surface area contributed by atoms with Gasteiger partial charge in [0.05, 0.1) is 4.92 Å². The van der Waals surface area contributed by atoms with Crippen LogP contribution < -0.4 is 0 Å². The number of non-ortho nitro benzene ring substituents is 1. The molecular formula is C9H7NO2S12. The summed E-state index contributed by atoms with van der Waals surface area (Å²) in [6, 6.07) is 4.97. The van der Waals surface area contributed by atoms with Crippen molar-refractivity contribution in [1.29, 1.82) is 0 Å². The Morgan fingerprint density at radius 2 is 1.46 bits per heavy atom. The van der Waals surface area contributed by atoms with Crippen molar-refractivity contribution in [3.05, 3.63) is 45.5 Å². The Hall–Kier alpha value is 1.00. The third-order valence-electron chi connectivity index (χ3n) is 2.23.